The molecular weight excluding hydrogens is 285 g/mol. The van der Waals surface area contributed by atoms with Crippen molar-refractivity contribution >= 4 is 21.6 Å². The molecule has 0 saturated heterocycles. The molecule has 0 aliphatic heterocycles. The normalized spacial score (nSPS) is 12.4. The summed E-state index contributed by atoms with van der Waals surface area (Å²) < 4.78 is 14.4. The van der Waals surface area contributed by atoms with Crippen LogP contribution in [0.2, 0.25) is 0 Å². The van der Waals surface area contributed by atoms with Gasteiger partial charge in [-0.15, -0.1) is 0 Å². The molecule has 17 heavy (non-hydrogen) atoms. The molecule has 0 aliphatic rings. The highest BCUT2D eigenvalue weighted by Gasteiger charge is 2.18. The molecule has 1 aromatic carbocycles. The molecule has 1 atom stereocenters. The molecule has 0 bridgehead atoms. The molecule has 0 amide bonds. The van der Waals surface area contributed by atoms with Crippen molar-refractivity contribution in [3.8, 4) is 0 Å². The van der Waals surface area contributed by atoms with E-state index in [1.807, 2.05) is 0 Å². The van der Waals surface area contributed by atoms with Crippen LogP contribution in [0.15, 0.2) is 41.1 Å². The van der Waals surface area contributed by atoms with E-state index in [2.05, 4.69) is 20.9 Å². The monoisotopic (exact) mass is 295 g/mol. The highest BCUT2D eigenvalue weighted by Crippen LogP contribution is 2.30. The van der Waals surface area contributed by atoms with Gasteiger partial charge in [0.1, 0.15) is 5.82 Å². The summed E-state index contributed by atoms with van der Waals surface area (Å²) in [6.45, 7) is 0. The largest absolute Gasteiger partial charge is 0.398 e. The molecule has 0 aliphatic carbocycles. The Morgan fingerprint density at radius 3 is 2.71 bits per heavy atom. The third-order valence-electron chi connectivity index (χ3n) is 2.53. The Bertz CT molecular complexity index is 525. The molecule has 3 nitrogen and oxygen atoms in total. The van der Waals surface area contributed by atoms with Crippen molar-refractivity contribution in [2.75, 3.05) is 5.73 Å². The van der Waals surface area contributed by atoms with E-state index in [9.17, 15) is 4.39 Å². The van der Waals surface area contributed by atoms with Crippen molar-refractivity contribution in [1.82, 2.24) is 4.98 Å². The molecule has 1 aromatic heterocycles. The van der Waals surface area contributed by atoms with Crippen molar-refractivity contribution < 1.29 is 4.39 Å². The van der Waals surface area contributed by atoms with Crippen LogP contribution in [0.4, 0.5) is 10.1 Å². The summed E-state index contributed by atoms with van der Waals surface area (Å²) >= 11 is 3.29. The zero-order valence-electron chi connectivity index (χ0n) is 8.90. The van der Waals surface area contributed by atoms with Crippen molar-refractivity contribution in [2.24, 2.45) is 5.73 Å². The first-order valence-electron chi connectivity index (χ1n) is 5.00. The second kappa shape index (κ2) is 4.81. The van der Waals surface area contributed by atoms with E-state index in [0.717, 1.165) is 0 Å². The van der Waals surface area contributed by atoms with Gasteiger partial charge < -0.3 is 11.5 Å². The molecule has 0 spiro atoms. The Balaban J connectivity index is 2.51. The fourth-order valence-electron chi connectivity index (χ4n) is 1.64. The van der Waals surface area contributed by atoms with Crippen LogP contribution in [0.3, 0.4) is 0 Å². The Morgan fingerprint density at radius 1 is 1.29 bits per heavy atom. The Hall–Kier alpha value is -1.46. The number of nitrogen functional groups attached to an aromatic ring is 1. The highest BCUT2D eigenvalue weighted by atomic mass is 79.9. The minimum Gasteiger partial charge on any atom is -0.398 e. The standard InChI is InChI=1S/C12H11BrFN3/c13-8-2-1-3-9(14)11(8)12(16)7-6-17-5-4-10(7)15/h1-6,12H,16H2,(H2,15,17). The quantitative estimate of drug-likeness (QED) is 0.895. The molecule has 0 fully saturated rings. The third-order valence-corrected chi connectivity index (χ3v) is 3.22. The lowest BCUT2D eigenvalue weighted by Gasteiger charge is -2.16. The fraction of sp³-hybridized carbons (Fsp3) is 0.0833. The minimum absolute atomic E-state index is 0.366. The summed E-state index contributed by atoms with van der Waals surface area (Å²) in [7, 11) is 0. The second-order valence-electron chi connectivity index (χ2n) is 3.62. The van der Waals surface area contributed by atoms with Gasteiger partial charge in [-0.05, 0) is 18.2 Å². The number of pyridine rings is 1. The first-order chi connectivity index (χ1) is 8.11. The van der Waals surface area contributed by atoms with Crippen LogP contribution >= 0.6 is 15.9 Å². The number of nitrogens with zero attached hydrogens (tertiary/aromatic N) is 1. The molecule has 0 saturated carbocycles. The van der Waals surface area contributed by atoms with Crippen LogP contribution in [-0.2, 0) is 0 Å². The van der Waals surface area contributed by atoms with Crippen LogP contribution in [0.1, 0.15) is 17.2 Å². The minimum atomic E-state index is -0.640. The predicted molar refractivity (Wildman–Crippen MR) is 68.8 cm³/mol. The van der Waals surface area contributed by atoms with Crippen molar-refractivity contribution in [3.05, 3.63) is 58.1 Å². The molecule has 2 rings (SSSR count). The second-order valence-corrected chi connectivity index (χ2v) is 4.47. The van der Waals surface area contributed by atoms with Gasteiger partial charge in [-0.25, -0.2) is 4.39 Å². The number of hydrogen-bond donors (Lipinski definition) is 2. The van der Waals surface area contributed by atoms with E-state index in [1.165, 1.54) is 6.07 Å². The van der Waals surface area contributed by atoms with Crippen LogP contribution in [0.5, 0.6) is 0 Å². The fourth-order valence-corrected chi connectivity index (χ4v) is 2.23. The summed E-state index contributed by atoms with van der Waals surface area (Å²) in [6, 6.07) is 5.73. The number of hydrogen-bond acceptors (Lipinski definition) is 3. The van der Waals surface area contributed by atoms with E-state index in [-0.39, 0.29) is 5.82 Å². The van der Waals surface area contributed by atoms with Gasteiger partial charge >= 0.3 is 0 Å². The van der Waals surface area contributed by atoms with Gasteiger partial charge in [0.05, 0.1) is 6.04 Å². The van der Waals surface area contributed by atoms with Gasteiger partial charge in [0.15, 0.2) is 0 Å². The van der Waals surface area contributed by atoms with E-state index in [1.54, 1.807) is 30.6 Å². The van der Waals surface area contributed by atoms with Gasteiger partial charge in [0.25, 0.3) is 0 Å². The molecule has 2 aromatic rings. The van der Waals surface area contributed by atoms with Gasteiger partial charge in [-0.3, -0.25) is 4.98 Å². The number of rotatable bonds is 2. The zero-order chi connectivity index (χ0) is 12.4. The number of nitrogens with two attached hydrogens (primary N) is 2. The third kappa shape index (κ3) is 2.30. The molecule has 88 valence electrons. The molecule has 5 heteroatoms. The summed E-state index contributed by atoms with van der Waals surface area (Å²) in [5, 5.41) is 0. The molecular formula is C12H11BrFN3. The lowest BCUT2D eigenvalue weighted by atomic mass is 9.99. The first kappa shape index (κ1) is 12.0. The van der Waals surface area contributed by atoms with Crippen LogP contribution < -0.4 is 11.5 Å². The van der Waals surface area contributed by atoms with E-state index >= 15 is 0 Å². The van der Waals surface area contributed by atoms with E-state index < -0.39 is 6.04 Å². The van der Waals surface area contributed by atoms with Crippen LogP contribution in [0, 0.1) is 5.82 Å². The maximum atomic E-state index is 13.7. The molecule has 1 unspecified atom stereocenters. The van der Waals surface area contributed by atoms with Gasteiger partial charge in [-0.2, -0.15) is 0 Å². The van der Waals surface area contributed by atoms with Crippen molar-refractivity contribution in [3.63, 3.8) is 0 Å². The maximum absolute atomic E-state index is 13.7. The summed E-state index contributed by atoms with van der Waals surface area (Å²) in [4.78, 5) is 3.95. The van der Waals surface area contributed by atoms with Crippen LogP contribution in [-0.4, -0.2) is 4.98 Å². The lowest BCUT2D eigenvalue weighted by Crippen LogP contribution is -2.16. The summed E-state index contributed by atoms with van der Waals surface area (Å²) in [5.41, 5.74) is 13.3. The SMILES string of the molecule is Nc1ccncc1C(N)c1c(F)cccc1Br. The average molecular weight is 296 g/mol. The van der Waals surface area contributed by atoms with E-state index in [0.29, 0.717) is 21.3 Å². The Morgan fingerprint density at radius 2 is 2.06 bits per heavy atom. The zero-order valence-corrected chi connectivity index (χ0v) is 10.5. The van der Waals surface area contributed by atoms with Gasteiger partial charge in [0, 0.05) is 33.7 Å². The summed E-state index contributed by atoms with van der Waals surface area (Å²) in [5.74, 6) is -0.366. The summed E-state index contributed by atoms with van der Waals surface area (Å²) in [6.07, 6.45) is 3.13. The predicted octanol–water partition coefficient (Wildman–Crippen LogP) is 2.61. The number of benzene rings is 1. The van der Waals surface area contributed by atoms with E-state index in [4.69, 9.17) is 11.5 Å². The molecule has 0 radical (unpaired) electrons. The topological polar surface area (TPSA) is 64.9 Å². The Kier molecular flexibility index (Phi) is 3.40. The average Bonchev–Trinajstić information content (AvgIpc) is 2.29. The molecule has 4 N–H and O–H groups in total. The van der Waals surface area contributed by atoms with Crippen LogP contribution in [0.25, 0.3) is 0 Å². The van der Waals surface area contributed by atoms with Crippen molar-refractivity contribution in [1.29, 1.82) is 0 Å². The van der Waals surface area contributed by atoms with Gasteiger partial charge in [0.2, 0.25) is 0 Å². The lowest BCUT2D eigenvalue weighted by molar-refractivity contribution is 0.598. The van der Waals surface area contributed by atoms with Crippen molar-refractivity contribution in [2.45, 2.75) is 6.04 Å². The smallest absolute Gasteiger partial charge is 0.129 e. The Labute approximate surface area is 107 Å². The number of aromatic nitrogens is 1. The molecule has 1 heterocycles. The number of halogens is 2. The number of anilines is 1. The maximum Gasteiger partial charge on any atom is 0.129 e. The van der Waals surface area contributed by atoms with Gasteiger partial charge in [-0.1, -0.05) is 22.0 Å². The first-order valence-corrected chi connectivity index (χ1v) is 5.79. The highest BCUT2D eigenvalue weighted by molar-refractivity contribution is 9.10.